The number of nitrogens with one attached hydrogen (secondary N) is 1. The van der Waals surface area contributed by atoms with E-state index in [1.807, 2.05) is 86.5 Å². The number of aliphatic hydroxyl groups excluding tert-OH is 5. The fraction of sp³-hybridized carbons (Fsp3) is 0.913. The van der Waals surface area contributed by atoms with Gasteiger partial charge in [-0.15, -0.1) is 0 Å². The summed E-state index contributed by atoms with van der Waals surface area (Å²) in [4.78, 5) is 57.2. The number of carbonyl (C=O) groups is 4. The van der Waals surface area contributed by atoms with Gasteiger partial charge < -0.3 is 142 Å². The quantitative estimate of drug-likeness (QED) is 0.0354. The molecule has 0 aromatic carbocycles. The molecule has 7 aliphatic heterocycles. The molecule has 736 valence electrons. The maximum Gasteiger partial charge on any atom is 0.509 e. The Morgan fingerprint density at radius 2 is 0.937 bits per heavy atom. The Kier molecular flexibility index (Phi) is 41.8. The molecule has 2 bridgehead atoms. The van der Waals surface area contributed by atoms with Gasteiger partial charge in [0.1, 0.15) is 84.4 Å². The normalized spacial score (nSPS) is 43.8. The smallest absolute Gasteiger partial charge is 0.459 e. The van der Waals surface area contributed by atoms with Gasteiger partial charge in [-0.1, -0.05) is 54.7 Å². The number of ether oxygens (including phenoxy) is 17. The predicted octanol–water partition coefficient (Wildman–Crippen LogP) is 7.87. The van der Waals surface area contributed by atoms with Crippen LogP contribution >= 0.6 is 0 Å². The van der Waals surface area contributed by atoms with Crippen LogP contribution in [0.1, 0.15) is 231 Å². The second-order valence-electron chi connectivity index (χ2n) is 41.1. The van der Waals surface area contributed by atoms with Crippen molar-refractivity contribution in [3.8, 4) is 0 Å². The number of likely N-dealkylation sites (N-methyl/N-ethyl adjacent to an activating group) is 2. The van der Waals surface area contributed by atoms with Crippen LogP contribution in [0.2, 0.25) is 0 Å². The van der Waals surface area contributed by atoms with Crippen molar-refractivity contribution >= 4 is 24.2 Å². The van der Waals surface area contributed by atoms with Gasteiger partial charge in [0.05, 0.1) is 89.7 Å². The summed E-state index contributed by atoms with van der Waals surface area (Å²) in [5.74, 6) is -5.04. The number of rotatable bonds is 18. The van der Waals surface area contributed by atoms with Crippen LogP contribution in [0.4, 0.5) is 9.59 Å². The minimum atomic E-state index is -1.80. The van der Waals surface area contributed by atoms with Crippen molar-refractivity contribution in [1.29, 1.82) is 0 Å². The molecule has 0 amide bonds. The van der Waals surface area contributed by atoms with Crippen molar-refractivity contribution in [3.63, 3.8) is 0 Å². The van der Waals surface area contributed by atoms with Crippen LogP contribution in [0.5, 0.6) is 0 Å². The summed E-state index contributed by atoms with van der Waals surface area (Å²) >= 11 is 0. The lowest BCUT2D eigenvalue weighted by atomic mass is 9.77. The monoisotopic (exact) mass is 1810 g/mol. The summed E-state index contributed by atoms with van der Waals surface area (Å²) in [5.41, 5.74) is -8.48. The third-order valence-corrected chi connectivity index (χ3v) is 26.2. The summed E-state index contributed by atoms with van der Waals surface area (Å²) in [5, 5.41) is 108. The number of fused-ring (bicyclic) bond motifs is 2. The maximum absolute atomic E-state index is 14.4. The first kappa shape index (κ1) is 113. The highest BCUT2D eigenvalue weighted by Gasteiger charge is 2.57. The molecule has 7 rings (SSSR count). The first-order valence-corrected chi connectivity index (χ1v) is 45.4. The van der Waals surface area contributed by atoms with E-state index in [0.717, 1.165) is 5.57 Å². The highest BCUT2D eigenvalue weighted by molar-refractivity contribution is 5.73. The Morgan fingerprint density at radius 1 is 0.556 bits per heavy atom. The number of carbonyl (C=O) groups excluding carboxylic acids is 4. The lowest BCUT2D eigenvalue weighted by molar-refractivity contribution is -0.318. The number of esters is 2. The number of methoxy groups -OCH3 is 2. The molecule has 34 heteroatoms. The van der Waals surface area contributed by atoms with Crippen molar-refractivity contribution in [2.24, 2.45) is 35.5 Å². The number of nitrogens with zero attached hydrogens (tertiary/aromatic N) is 3. The van der Waals surface area contributed by atoms with E-state index >= 15 is 0 Å². The summed E-state index contributed by atoms with van der Waals surface area (Å²) in [6, 6.07) is -1.42. The highest BCUT2D eigenvalue weighted by Crippen LogP contribution is 2.45. The van der Waals surface area contributed by atoms with Crippen LogP contribution in [0, 0.1) is 35.5 Å². The Morgan fingerprint density at radius 3 is 1.30 bits per heavy atom. The molecule has 0 saturated carbocycles. The summed E-state index contributed by atoms with van der Waals surface area (Å²) in [6.07, 6.45) is -17.1. The van der Waals surface area contributed by atoms with Gasteiger partial charge in [-0.05, 0) is 235 Å². The molecule has 7 saturated heterocycles. The third-order valence-electron chi connectivity index (χ3n) is 26.2. The Hall–Kier alpha value is -4.00. The molecule has 10 N–H and O–H groups in total. The molecule has 0 aromatic heterocycles. The highest BCUT2D eigenvalue weighted by atomic mass is 16.8. The van der Waals surface area contributed by atoms with Crippen molar-refractivity contribution in [3.05, 3.63) is 24.3 Å². The topological polar surface area (TPSA) is 429 Å². The fourth-order valence-corrected chi connectivity index (χ4v) is 18.9. The summed E-state index contributed by atoms with van der Waals surface area (Å²) in [7, 11) is 10.6. The van der Waals surface area contributed by atoms with Crippen LogP contribution in [0.25, 0.3) is 0 Å². The number of hydrogen-bond acceptors (Lipinski definition) is 34. The van der Waals surface area contributed by atoms with Gasteiger partial charge >= 0.3 is 24.2 Å². The predicted molar refractivity (Wildman–Crippen MR) is 469 cm³/mol. The third kappa shape index (κ3) is 30.5. The van der Waals surface area contributed by atoms with Crippen molar-refractivity contribution in [2.75, 3.05) is 81.9 Å². The van der Waals surface area contributed by atoms with E-state index in [4.69, 9.17) is 80.5 Å². The van der Waals surface area contributed by atoms with Gasteiger partial charge in [0.15, 0.2) is 25.2 Å². The molecule has 126 heavy (non-hydrogen) atoms. The molecule has 0 aliphatic carbocycles. The van der Waals surface area contributed by atoms with Crippen LogP contribution in [-0.2, 0) is 90.1 Å². The van der Waals surface area contributed by atoms with Gasteiger partial charge in [-0.3, -0.25) is 14.5 Å². The second-order valence-corrected chi connectivity index (χ2v) is 41.1. The standard InChI is InChI=1S/C41H74N2O12.C37H70N2O12.C14H24O6/c1-15-30-41(11,48)36-27(7)43(20-23(3)21-50-36)19-22(2)17-39(9,47)35(55-38-32(44)29(42(12)13)16-24(4)51-38)25(5)33(26(6)37(46)53-30)54-31-18-40(10,49-14)34(45)28(8)52-31;1-14-26-37(10,45)30(41)23(6)38-18-19(2)16-35(8,44)32(51-34-28(40)25(39(11)12)15-20(3)47-34)21(4)29(22(5)33(43)49-26)50-27-17-36(9,46-13)31(42)24(7)48-27;1-10(8-17-11(15)19-13(2,3)4)9-18-12(16)20-14(5,6)7/h22,24-36,38,44-45,47-48H,3,15-21H2,1-2,4-14H3;19-32,34,38,40-42,44-45H,14-18H2,1-13H3;1,8-9H2,2-7H3/t22-,24-,25+,26-,27-,28+,29+,30-,31?,32-,33+,34+,35-,36-,38+,39-,40-,41-;19-,20-,21+,22-,23-,24+,25+,26-,27?,28-,29+,30-,31+,32-,34+,35-,36-,37-;/m11./s1. The van der Waals surface area contributed by atoms with Gasteiger partial charge in [0.2, 0.25) is 0 Å². The average Bonchev–Trinajstić information content (AvgIpc) is 1.25. The van der Waals surface area contributed by atoms with Crippen molar-refractivity contribution in [1.82, 2.24) is 20.0 Å². The molecule has 7 aliphatic rings. The van der Waals surface area contributed by atoms with E-state index < -0.39 is 209 Å². The van der Waals surface area contributed by atoms with Crippen LogP contribution in [0.3, 0.4) is 0 Å². The molecule has 37 atom stereocenters. The second kappa shape index (κ2) is 46.8. The van der Waals surface area contributed by atoms with E-state index in [1.54, 1.807) is 118 Å². The molecule has 7 fully saturated rings. The lowest BCUT2D eigenvalue weighted by Crippen LogP contribution is -2.60. The van der Waals surface area contributed by atoms with Crippen molar-refractivity contribution < 1.29 is 146 Å². The van der Waals surface area contributed by atoms with Gasteiger partial charge in [0, 0.05) is 76.2 Å². The molecule has 7 heterocycles. The number of aliphatic hydroxyl groups is 9. The minimum Gasteiger partial charge on any atom is -0.459 e. The zero-order valence-corrected chi connectivity index (χ0v) is 82.1. The SMILES string of the molecule is C=C(COC(=O)OC(C)(C)C)COC(=O)OC(C)(C)C.C=C1CO[C@@H]2[C@@H](C)N(C1)C[C@H](C)C[C@@](C)(O)[C@H](O[C@@H]1O[C@H](C)C[C@H](N(C)C)[C@H]1O)[C@@H](C)[C@H](OC1C[C@@](C)(OC)[C@@H](O)[C@H](C)O1)[C@@H](C)C(=O)O[C@H](CC)[C@@]2(C)O.CC[C@H]1OC(=O)[C@H](C)[C@@H](OC2C[C@@](C)(OC)[C@@H](O)[C@H](C)O2)[C@H](C)[C@@H](O[C@@H]2O[C@H](C)C[C@H](N(C)C)[C@H]2O)[C@](C)(O)C[C@@H](C)CN[C@H](C)[C@@H](O)[C@]1(C)O. The van der Waals surface area contributed by atoms with Crippen molar-refractivity contribution in [2.45, 2.75) is 423 Å². The molecule has 34 nitrogen and oxygen atoms in total. The molecule has 3 unspecified atom stereocenters. The maximum atomic E-state index is 14.4. The zero-order valence-electron chi connectivity index (χ0n) is 82.1. The first-order chi connectivity index (χ1) is 57.9. The van der Waals surface area contributed by atoms with E-state index in [1.165, 1.54) is 21.1 Å². The molecule has 0 radical (unpaired) electrons. The van der Waals surface area contributed by atoms with E-state index in [-0.39, 0.29) is 94.1 Å². The largest absolute Gasteiger partial charge is 0.509 e. The lowest BCUT2D eigenvalue weighted by Gasteiger charge is -2.48. The molecular formula is C92H168N4O30. The van der Waals surface area contributed by atoms with Crippen LogP contribution in [0.15, 0.2) is 24.3 Å². The van der Waals surface area contributed by atoms with Gasteiger partial charge in [-0.25, -0.2) is 9.59 Å². The van der Waals surface area contributed by atoms with Crippen LogP contribution < -0.4 is 5.32 Å². The number of hydrogen-bond donors (Lipinski definition) is 10. The molecule has 0 aromatic rings. The Balaban J connectivity index is 0.000000369. The summed E-state index contributed by atoms with van der Waals surface area (Å²) < 4.78 is 101. The Bertz CT molecular complexity index is 3360. The minimum absolute atomic E-state index is 0.0856. The molecular weight excluding hydrogens is 1640 g/mol. The van der Waals surface area contributed by atoms with Gasteiger partial charge in [-0.2, -0.15) is 0 Å². The molecule has 0 spiro atoms. The van der Waals surface area contributed by atoms with E-state index in [2.05, 4.69) is 30.3 Å². The van der Waals surface area contributed by atoms with E-state index in [0.29, 0.717) is 44.5 Å². The zero-order chi connectivity index (χ0) is 96.1. The fourth-order valence-electron chi connectivity index (χ4n) is 18.9. The first-order valence-electron chi connectivity index (χ1n) is 45.4. The number of cyclic esters (lactones) is 2. The van der Waals surface area contributed by atoms with Crippen LogP contribution in [-0.4, -0.2) is 359 Å². The van der Waals surface area contributed by atoms with Gasteiger partial charge in [0.25, 0.3) is 0 Å². The van der Waals surface area contributed by atoms with E-state index in [9.17, 15) is 65.1 Å². The Labute approximate surface area is 751 Å². The average molecular weight is 1810 g/mol. The summed E-state index contributed by atoms with van der Waals surface area (Å²) in [6.45, 7) is 55.5.